The second-order valence-corrected chi connectivity index (χ2v) is 8.48. The van der Waals surface area contributed by atoms with Gasteiger partial charge in [-0.05, 0) is 44.0 Å². The molecule has 4 rings (SSSR count). The second-order valence-electron chi connectivity index (χ2n) is 8.48. The van der Waals surface area contributed by atoms with E-state index in [1.54, 1.807) is 11.0 Å². The Balaban J connectivity index is 1.60. The van der Waals surface area contributed by atoms with Crippen molar-refractivity contribution in [2.75, 3.05) is 26.3 Å². The second kappa shape index (κ2) is 9.13. The van der Waals surface area contributed by atoms with E-state index in [-0.39, 0.29) is 5.63 Å². The topological polar surface area (TPSA) is 60.5 Å². The molecular formula is C25H32N2O3+2. The molecule has 5 heteroatoms. The van der Waals surface area contributed by atoms with Crippen LogP contribution in [0.4, 0.5) is 0 Å². The summed E-state index contributed by atoms with van der Waals surface area (Å²) in [6, 6.07) is 17.3. The number of nitrogens with one attached hydrogen (secondary N) is 1. The van der Waals surface area contributed by atoms with E-state index in [0.29, 0.717) is 17.7 Å². The molecule has 1 fully saturated rings. The van der Waals surface area contributed by atoms with E-state index in [4.69, 9.17) is 9.15 Å². The minimum Gasteiger partial charge on any atom is -0.423 e. The fraction of sp³-hybridized carbons (Fsp3) is 0.400. The normalized spacial score (nSPS) is 17.2. The number of morpholine rings is 1. The van der Waals surface area contributed by atoms with Crippen LogP contribution >= 0.6 is 0 Å². The monoisotopic (exact) mass is 408 g/mol. The lowest BCUT2D eigenvalue weighted by atomic mass is 9.97. The van der Waals surface area contributed by atoms with E-state index < -0.39 is 0 Å². The maximum absolute atomic E-state index is 12.1. The zero-order valence-electron chi connectivity index (χ0n) is 18.1. The van der Waals surface area contributed by atoms with Crippen molar-refractivity contribution in [1.82, 2.24) is 0 Å². The number of fused-ring (bicyclic) bond motifs is 1. The van der Waals surface area contributed by atoms with Crippen LogP contribution < -0.4 is 15.8 Å². The fourth-order valence-corrected chi connectivity index (χ4v) is 4.62. The van der Waals surface area contributed by atoms with Gasteiger partial charge in [-0.2, -0.15) is 0 Å². The number of aryl methyl sites for hydroxylation is 2. The molecule has 0 saturated carbocycles. The summed E-state index contributed by atoms with van der Waals surface area (Å²) in [6.07, 6.45) is 0. The van der Waals surface area contributed by atoms with E-state index >= 15 is 0 Å². The summed E-state index contributed by atoms with van der Waals surface area (Å²) in [5, 5.41) is 3.40. The predicted octanol–water partition coefficient (Wildman–Crippen LogP) is 1.52. The highest BCUT2D eigenvalue weighted by Crippen LogP contribution is 2.21. The summed E-state index contributed by atoms with van der Waals surface area (Å²) < 4.78 is 11.1. The number of rotatable bonds is 6. The Morgan fingerprint density at radius 3 is 2.47 bits per heavy atom. The molecule has 5 nitrogen and oxygen atoms in total. The lowest BCUT2D eigenvalue weighted by Crippen LogP contribution is -3.17. The van der Waals surface area contributed by atoms with Crippen LogP contribution in [-0.4, -0.2) is 32.3 Å². The van der Waals surface area contributed by atoms with Gasteiger partial charge in [0.05, 0.1) is 13.2 Å². The SMILES string of the molecule is Cc1cc2oc(=O)cc(C[NH2+][C@H](C)[C@@H](c3ccccc3)[NH+]3CCOCC3)c2cc1C. The predicted molar refractivity (Wildman–Crippen MR) is 118 cm³/mol. The van der Waals surface area contributed by atoms with Crippen LogP contribution in [0, 0.1) is 13.8 Å². The first-order valence-electron chi connectivity index (χ1n) is 10.9. The lowest BCUT2D eigenvalue weighted by molar-refractivity contribution is -0.959. The first kappa shape index (κ1) is 20.8. The first-order chi connectivity index (χ1) is 14.5. The van der Waals surface area contributed by atoms with Gasteiger partial charge in [-0.1, -0.05) is 30.3 Å². The van der Waals surface area contributed by atoms with Crippen molar-refractivity contribution in [2.45, 2.75) is 39.4 Å². The number of hydrogen-bond donors (Lipinski definition) is 2. The van der Waals surface area contributed by atoms with Crippen molar-refractivity contribution in [2.24, 2.45) is 0 Å². The quantitative estimate of drug-likeness (QED) is 0.608. The standard InChI is InChI=1S/C25H30N2O3/c1-17-13-22-21(15-24(28)30-23(22)14-18(17)2)16-26-19(3)25(20-7-5-4-6-8-20)27-9-11-29-12-10-27/h4-8,13-15,19,25-26H,9-12,16H2,1-3H3/p+2/t19-,25+/m1/s1. The lowest BCUT2D eigenvalue weighted by Gasteiger charge is -2.34. The van der Waals surface area contributed by atoms with Crippen molar-refractivity contribution >= 4 is 11.0 Å². The summed E-state index contributed by atoms with van der Waals surface area (Å²) in [5.74, 6) is 0. The Kier molecular flexibility index (Phi) is 6.32. The molecule has 158 valence electrons. The van der Waals surface area contributed by atoms with Gasteiger partial charge in [-0.3, -0.25) is 0 Å². The highest BCUT2D eigenvalue weighted by molar-refractivity contribution is 5.81. The number of quaternary nitrogens is 2. The number of ether oxygens (including phenoxy) is 1. The maximum atomic E-state index is 12.1. The first-order valence-corrected chi connectivity index (χ1v) is 10.9. The summed E-state index contributed by atoms with van der Waals surface area (Å²) in [5.41, 5.74) is 5.16. The molecule has 1 saturated heterocycles. The van der Waals surface area contributed by atoms with Crippen molar-refractivity contribution < 1.29 is 19.4 Å². The third kappa shape index (κ3) is 4.48. The molecule has 2 atom stereocenters. The van der Waals surface area contributed by atoms with Gasteiger partial charge in [0.15, 0.2) is 6.04 Å². The number of hydrogen-bond acceptors (Lipinski definition) is 3. The molecule has 0 aliphatic carbocycles. The van der Waals surface area contributed by atoms with Crippen LogP contribution in [-0.2, 0) is 11.3 Å². The Hall–Kier alpha value is -2.47. The van der Waals surface area contributed by atoms with Gasteiger partial charge < -0.3 is 19.4 Å². The third-order valence-corrected chi connectivity index (χ3v) is 6.41. The van der Waals surface area contributed by atoms with Crippen molar-refractivity contribution in [3.63, 3.8) is 0 Å². The summed E-state index contributed by atoms with van der Waals surface area (Å²) in [4.78, 5) is 13.7. The Bertz CT molecular complexity index is 1060. The molecule has 0 bridgehead atoms. The number of benzene rings is 2. The van der Waals surface area contributed by atoms with Crippen LogP contribution in [0.25, 0.3) is 11.0 Å². The van der Waals surface area contributed by atoms with Gasteiger partial charge in [0, 0.05) is 22.6 Å². The van der Waals surface area contributed by atoms with E-state index in [1.165, 1.54) is 11.1 Å². The molecule has 2 aromatic carbocycles. The Morgan fingerprint density at radius 2 is 1.73 bits per heavy atom. The molecular weight excluding hydrogens is 376 g/mol. The Morgan fingerprint density at radius 1 is 1.03 bits per heavy atom. The minimum atomic E-state index is -0.278. The molecule has 3 N–H and O–H groups in total. The van der Waals surface area contributed by atoms with Crippen LogP contribution in [0.2, 0.25) is 0 Å². The smallest absolute Gasteiger partial charge is 0.336 e. The van der Waals surface area contributed by atoms with Gasteiger partial charge in [-0.25, -0.2) is 4.79 Å². The molecule has 2 heterocycles. The van der Waals surface area contributed by atoms with Gasteiger partial charge in [0.1, 0.15) is 31.3 Å². The average molecular weight is 409 g/mol. The molecule has 1 aliphatic rings. The molecule has 3 aromatic rings. The van der Waals surface area contributed by atoms with E-state index in [1.807, 2.05) is 13.0 Å². The molecule has 0 spiro atoms. The van der Waals surface area contributed by atoms with Crippen molar-refractivity contribution in [1.29, 1.82) is 0 Å². The summed E-state index contributed by atoms with van der Waals surface area (Å²) in [6.45, 7) is 10.9. The van der Waals surface area contributed by atoms with Crippen LogP contribution in [0.1, 0.15) is 35.2 Å². The van der Waals surface area contributed by atoms with Gasteiger partial charge in [0.25, 0.3) is 0 Å². The average Bonchev–Trinajstić information content (AvgIpc) is 2.75. The van der Waals surface area contributed by atoms with Gasteiger partial charge in [-0.15, -0.1) is 0 Å². The van der Waals surface area contributed by atoms with Gasteiger partial charge >= 0.3 is 5.63 Å². The van der Waals surface area contributed by atoms with Crippen LogP contribution in [0.5, 0.6) is 0 Å². The third-order valence-electron chi connectivity index (χ3n) is 6.41. The van der Waals surface area contributed by atoms with Crippen molar-refractivity contribution in [3.8, 4) is 0 Å². The molecule has 30 heavy (non-hydrogen) atoms. The van der Waals surface area contributed by atoms with E-state index in [0.717, 1.165) is 49.4 Å². The summed E-state index contributed by atoms with van der Waals surface area (Å²) >= 11 is 0. The molecule has 1 aromatic heterocycles. The zero-order valence-corrected chi connectivity index (χ0v) is 18.1. The molecule has 0 radical (unpaired) electrons. The molecule has 0 amide bonds. The molecule has 0 unspecified atom stereocenters. The minimum absolute atomic E-state index is 0.278. The largest absolute Gasteiger partial charge is 0.423 e. The van der Waals surface area contributed by atoms with Crippen LogP contribution in [0.3, 0.4) is 0 Å². The van der Waals surface area contributed by atoms with Gasteiger partial charge in [0.2, 0.25) is 0 Å². The van der Waals surface area contributed by atoms with Crippen LogP contribution in [0.15, 0.2) is 57.7 Å². The van der Waals surface area contributed by atoms with E-state index in [9.17, 15) is 4.79 Å². The Labute approximate surface area is 177 Å². The van der Waals surface area contributed by atoms with Crippen molar-refractivity contribution in [3.05, 3.63) is 81.2 Å². The highest BCUT2D eigenvalue weighted by Gasteiger charge is 2.33. The number of nitrogens with two attached hydrogens (primary N) is 1. The highest BCUT2D eigenvalue weighted by atomic mass is 16.5. The molecule has 1 aliphatic heterocycles. The summed E-state index contributed by atoms with van der Waals surface area (Å²) in [7, 11) is 0. The fourth-order valence-electron chi connectivity index (χ4n) is 4.62. The zero-order chi connectivity index (χ0) is 21.1. The maximum Gasteiger partial charge on any atom is 0.336 e. The van der Waals surface area contributed by atoms with E-state index in [2.05, 4.69) is 55.6 Å².